The lowest BCUT2D eigenvalue weighted by Gasteiger charge is -2.11. The number of nitrogens with one attached hydrogen (secondary N) is 2. The van der Waals surface area contributed by atoms with Gasteiger partial charge in [-0.3, -0.25) is 9.59 Å². The van der Waals surface area contributed by atoms with Crippen molar-refractivity contribution in [2.24, 2.45) is 0 Å². The van der Waals surface area contributed by atoms with E-state index in [-0.39, 0.29) is 11.3 Å². The van der Waals surface area contributed by atoms with Gasteiger partial charge in [0.25, 0.3) is 11.5 Å². The molecule has 2 aromatic heterocycles. The van der Waals surface area contributed by atoms with E-state index < -0.39 is 30.1 Å². The molecule has 0 fully saturated rings. The number of halogens is 3. The molecular formula is C14H12F3N3O3. The second-order valence-electron chi connectivity index (χ2n) is 4.60. The second kappa shape index (κ2) is 6.51. The van der Waals surface area contributed by atoms with Crippen LogP contribution in [0.3, 0.4) is 0 Å². The van der Waals surface area contributed by atoms with Crippen molar-refractivity contribution in [3.63, 3.8) is 0 Å². The summed E-state index contributed by atoms with van der Waals surface area (Å²) in [6.07, 6.45) is -3.36. The summed E-state index contributed by atoms with van der Waals surface area (Å²) in [5, 5.41) is 2.31. The van der Waals surface area contributed by atoms with Crippen LogP contribution in [0.15, 0.2) is 35.3 Å². The molecule has 0 bridgehead atoms. The van der Waals surface area contributed by atoms with Crippen molar-refractivity contribution in [3.8, 4) is 5.88 Å². The van der Waals surface area contributed by atoms with Gasteiger partial charge in [-0.15, -0.1) is 0 Å². The quantitative estimate of drug-likeness (QED) is 0.902. The number of carbonyl (C=O) groups is 1. The minimum atomic E-state index is -4.56. The van der Waals surface area contributed by atoms with Crippen molar-refractivity contribution in [3.05, 3.63) is 52.1 Å². The Hall–Kier alpha value is -2.84. The number of anilines is 1. The van der Waals surface area contributed by atoms with Gasteiger partial charge in [0.05, 0.1) is 0 Å². The molecule has 0 unspecified atom stereocenters. The van der Waals surface area contributed by atoms with E-state index in [0.717, 1.165) is 0 Å². The Morgan fingerprint density at radius 2 is 2.09 bits per heavy atom. The zero-order valence-electron chi connectivity index (χ0n) is 11.9. The number of aromatic nitrogens is 2. The fourth-order valence-electron chi connectivity index (χ4n) is 1.69. The van der Waals surface area contributed by atoms with E-state index in [1.54, 1.807) is 13.0 Å². The number of hydrogen-bond donors (Lipinski definition) is 2. The van der Waals surface area contributed by atoms with Crippen molar-refractivity contribution in [2.75, 3.05) is 11.9 Å². The van der Waals surface area contributed by atoms with E-state index in [1.165, 1.54) is 24.4 Å². The van der Waals surface area contributed by atoms with Crippen LogP contribution in [0.25, 0.3) is 0 Å². The predicted molar refractivity (Wildman–Crippen MR) is 75.5 cm³/mol. The van der Waals surface area contributed by atoms with Gasteiger partial charge in [0.15, 0.2) is 6.61 Å². The number of hydrogen-bond acceptors (Lipinski definition) is 4. The van der Waals surface area contributed by atoms with Crippen LogP contribution in [0.4, 0.5) is 18.9 Å². The molecule has 2 N–H and O–H groups in total. The Bertz CT molecular complexity index is 772. The Labute approximate surface area is 128 Å². The highest BCUT2D eigenvalue weighted by molar-refractivity contribution is 6.05. The third kappa shape index (κ3) is 4.56. The van der Waals surface area contributed by atoms with E-state index in [4.69, 9.17) is 0 Å². The van der Waals surface area contributed by atoms with E-state index in [9.17, 15) is 22.8 Å². The molecular weight excluding hydrogens is 315 g/mol. The van der Waals surface area contributed by atoms with Crippen LogP contribution in [0.2, 0.25) is 0 Å². The van der Waals surface area contributed by atoms with E-state index in [1.807, 2.05) is 0 Å². The lowest BCUT2D eigenvalue weighted by Crippen LogP contribution is -2.23. The second-order valence-corrected chi connectivity index (χ2v) is 4.60. The van der Waals surface area contributed by atoms with Crippen LogP contribution < -0.4 is 15.6 Å². The first-order chi connectivity index (χ1) is 10.8. The molecule has 0 aliphatic heterocycles. The van der Waals surface area contributed by atoms with E-state index >= 15 is 0 Å². The Balaban J connectivity index is 2.21. The SMILES string of the molecule is Cc1ccc(NC(=O)c2cccnc2OCC(F)(F)F)c(=O)[nH]1. The third-order valence-corrected chi connectivity index (χ3v) is 2.69. The molecule has 0 saturated heterocycles. The van der Waals surface area contributed by atoms with Gasteiger partial charge in [-0.2, -0.15) is 13.2 Å². The van der Waals surface area contributed by atoms with Crippen LogP contribution in [0.5, 0.6) is 5.88 Å². The summed E-state index contributed by atoms with van der Waals surface area (Å²) in [5.74, 6) is -1.27. The number of amides is 1. The first kappa shape index (κ1) is 16.5. The minimum Gasteiger partial charge on any atom is -0.467 e. The molecule has 0 aliphatic rings. The van der Waals surface area contributed by atoms with Crippen LogP contribution in [0, 0.1) is 6.92 Å². The zero-order chi connectivity index (χ0) is 17.0. The highest BCUT2D eigenvalue weighted by Gasteiger charge is 2.29. The standard InChI is InChI=1S/C14H12F3N3O3/c1-8-4-5-10(12(22)19-8)20-11(21)9-3-2-6-18-13(9)23-7-14(15,16)17/h2-6H,7H2,1H3,(H,19,22)(H,20,21). The molecule has 2 heterocycles. The van der Waals surface area contributed by atoms with Gasteiger partial charge in [-0.05, 0) is 31.2 Å². The fraction of sp³-hybridized carbons (Fsp3) is 0.214. The van der Waals surface area contributed by atoms with Crippen LogP contribution in [-0.4, -0.2) is 28.7 Å². The van der Waals surface area contributed by atoms with Gasteiger partial charge < -0.3 is 15.0 Å². The van der Waals surface area contributed by atoms with Crippen LogP contribution in [0.1, 0.15) is 16.1 Å². The average Bonchev–Trinajstić information content (AvgIpc) is 2.47. The summed E-state index contributed by atoms with van der Waals surface area (Å²) in [6.45, 7) is 0.0899. The molecule has 9 heteroatoms. The number of pyridine rings is 2. The lowest BCUT2D eigenvalue weighted by atomic mass is 10.2. The average molecular weight is 327 g/mol. The molecule has 1 amide bonds. The zero-order valence-corrected chi connectivity index (χ0v) is 11.9. The van der Waals surface area contributed by atoms with Crippen molar-refractivity contribution in [1.82, 2.24) is 9.97 Å². The van der Waals surface area contributed by atoms with E-state index in [2.05, 4.69) is 20.0 Å². The van der Waals surface area contributed by atoms with Gasteiger partial charge in [0.1, 0.15) is 11.3 Å². The summed E-state index contributed by atoms with van der Waals surface area (Å²) in [4.78, 5) is 29.9. The number of rotatable bonds is 4. The maximum atomic E-state index is 12.2. The van der Waals surface area contributed by atoms with Gasteiger partial charge in [-0.1, -0.05) is 0 Å². The Kier molecular flexibility index (Phi) is 4.68. The third-order valence-electron chi connectivity index (χ3n) is 2.69. The number of carbonyl (C=O) groups excluding carboxylic acids is 1. The monoisotopic (exact) mass is 327 g/mol. The molecule has 2 aromatic rings. The maximum Gasteiger partial charge on any atom is 0.422 e. The largest absolute Gasteiger partial charge is 0.467 e. The fourth-order valence-corrected chi connectivity index (χ4v) is 1.69. The molecule has 0 atom stereocenters. The molecule has 0 saturated carbocycles. The minimum absolute atomic E-state index is 0.0359. The summed E-state index contributed by atoms with van der Waals surface area (Å²) in [5.41, 5.74) is -0.175. The number of aryl methyl sites for hydroxylation is 1. The molecule has 0 aliphatic carbocycles. The molecule has 23 heavy (non-hydrogen) atoms. The van der Waals surface area contributed by atoms with Crippen molar-refractivity contribution < 1.29 is 22.7 Å². The van der Waals surface area contributed by atoms with E-state index in [0.29, 0.717) is 5.69 Å². The van der Waals surface area contributed by atoms with Gasteiger partial charge >= 0.3 is 6.18 Å². The number of nitrogens with zero attached hydrogens (tertiary/aromatic N) is 1. The topological polar surface area (TPSA) is 84.1 Å². The Morgan fingerprint density at radius 1 is 1.35 bits per heavy atom. The lowest BCUT2D eigenvalue weighted by molar-refractivity contribution is -0.154. The maximum absolute atomic E-state index is 12.2. The highest BCUT2D eigenvalue weighted by atomic mass is 19.4. The van der Waals surface area contributed by atoms with Crippen molar-refractivity contribution >= 4 is 11.6 Å². The summed E-state index contributed by atoms with van der Waals surface area (Å²) in [6, 6.07) is 5.57. The summed E-state index contributed by atoms with van der Waals surface area (Å²) >= 11 is 0. The molecule has 6 nitrogen and oxygen atoms in total. The molecule has 2 rings (SSSR count). The highest BCUT2D eigenvalue weighted by Crippen LogP contribution is 2.20. The Morgan fingerprint density at radius 3 is 2.74 bits per heavy atom. The van der Waals surface area contributed by atoms with Gasteiger partial charge in [-0.25, -0.2) is 4.98 Å². The molecule has 0 spiro atoms. The molecule has 0 aromatic carbocycles. The molecule has 0 radical (unpaired) electrons. The summed E-state index contributed by atoms with van der Waals surface area (Å²) < 4.78 is 41.2. The smallest absolute Gasteiger partial charge is 0.422 e. The summed E-state index contributed by atoms with van der Waals surface area (Å²) in [7, 11) is 0. The van der Waals surface area contributed by atoms with Gasteiger partial charge in [0.2, 0.25) is 5.88 Å². The van der Waals surface area contributed by atoms with Crippen molar-refractivity contribution in [2.45, 2.75) is 13.1 Å². The van der Waals surface area contributed by atoms with Gasteiger partial charge in [0, 0.05) is 11.9 Å². The number of H-pyrrole nitrogens is 1. The number of ether oxygens (including phenoxy) is 1. The molecule has 122 valence electrons. The van der Waals surface area contributed by atoms with Crippen LogP contribution in [-0.2, 0) is 0 Å². The predicted octanol–water partition coefficient (Wildman–Crippen LogP) is 2.27. The normalized spacial score (nSPS) is 11.1. The first-order valence-electron chi connectivity index (χ1n) is 6.42. The van der Waals surface area contributed by atoms with Crippen molar-refractivity contribution in [1.29, 1.82) is 0 Å². The van der Waals surface area contributed by atoms with Crippen LogP contribution >= 0.6 is 0 Å². The first-order valence-corrected chi connectivity index (χ1v) is 6.42. The number of aromatic amines is 1. The number of alkyl halides is 3.